The largest absolute Gasteiger partial charge is 0.478 e. The Morgan fingerprint density at radius 2 is 1.80 bits per heavy atom. The highest BCUT2D eigenvalue weighted by Crippen LogP contribution is 2.27. The van der Waals surface area contributed by atoms with Crippen molar-refractivity contribution in [2.24, 2.45) is 0 Å². The second kappa shape index (κ2) is 5.41. The Morgan fingerprint density at radius 3 is 2.30 bits per heavy atom. The third kappa shape index (κ3) is 3.10. The van der Waals surface area contributed by atoms with Crippen molar-refractivity contribution in [3.63, 3.8) is 0 Å². The van der Waals surface area contributed by atoms with E-state index in [1.807, 2.05) is 11.9 Å². The third-order valence-corrected chi connectivity index (χ3v) is 4.59. The van der Waals surface area contributed by atoms with E-state index in [-0.39, 0.29) is 10.5 Å². The van der Waals surface area contributed by atoms with Crippen molar-refractivity contribution in [2.75, 3.05) is 44.4 Å². The van der Waals surface area contributed by atoms with E-state index in [1.165, 1.54) is 18.2 Å². The van der Waals surface area contributed by atoms with Crippen molar-refractivity contribution < 1.29 is 18.3 Å². The summed E-state index contributed by atoms with van der Waals surface area (Å²) in [5.41, 5.74) is 0.590. The SMILES string of the molecule is CN1CCN(c2cc(C(=O)O)ccc2S(C)(=O)=O)CC1. The molecule has 2 rings (SSSR count). The van der Waals surface area contributed by atoms with E-state index in [9.17, 15) is 13.2 Å². The van der Waals surface area contributed by atoms with E-state index in [1.54, 1.807) is 0 Å². The molecule has 110 valence electrons. The van der Waals surface area contributed by atoms with Gasteiger partial charge in [0.15, 0.2) is 9.84 Å². The third-order valence-electron chi connectivity index (χ3n) is 3.45. The number of carbonyl (C=O) groups is 1. The van der Waals surface area contributed by atoms with Crippen LogP contribution in [0.5, 0.6) is 0 Å². The van der Waals surface area contributed by atoms with Crippen LogP contribution in [0.15, 0.2) is 23.1 Å². The molecule has 0 amide bonds. The van der Waals surface area contributed by atoms with Gasteiger partial charge >= 0.3 is 5.97 Å². The van der Waals surface area contributed by atoms with Gasteiger partial charge in [0.2, 0.25) is 0 Å². The van der Waals surface area contributed by atoms with Crippen molar-refractivity contribution >= 4 is 21.5 Å². The summed E-state index contributed by atoms with van der Waals surface area (Å²) in [7, 11) is -1.38. The highest BCUT2D eigenvalue weighted by molar-refractivity contribution is 7.90. The molecule has 1 aromatic carbocycles. The van der Waals surface area contributed by atoms with Crippen molar-refractivity contribution in [1.29, 1.82) is 0 Å². The first kappa shape index (κ1) is 14.8. The Labute approximate surface area is 118 Å². The standard InChI is InChI=1S/C13H18N2O4S/c1-14-5-7-15(8-6-14)11-9-10(13(16)17)3-4-12(11)20(2,18)19/h3-4,9H,5-8H2,1-2H3,(H,16,17). The van der Waals surface area contributed by atoms with E-state index < -0.39 is 15.8 Å². The Hall–Kier alpha value is -1.60. The maximum Gasteiger partial charge on any atom is 0.335 e. The van der Waals surface area contributed by atoms with Crippen LogP contribution in [0.4, 0.5) is 5.69 Å². The number of likely N-dealkylation sites (N-methyl/N-ethyl adjacent to an activating group) is 1. The highest BCUT2D eigenvalue weighted by atomic mass is 32.2. The minimum Gasteiger partial charge on any atom is -0.478 e. The predicted molar refractivity (Wildman–Crippen MR) is 76.2 cm³/mol. The molecule has 20 heavy (non-hydrogen) atoms. The minimum atomic E-state index is -3.39. The van der Waals surface area contributed by atoms with Gasteiger partial charge in [0, 0.05) is 32.4 Å². The molecule has 0 spiro atoms. The maximum absolute atomic E-state index is 11.9. The zero-order chi connectivity index (χ0) is 14.9. The molecule has 1 aliphatic heterocycles. The first-order chi connectivity index (χ1) is 9.29. The smallest absolute Gasteiger partial charge is 0.335 e. The van der Waals surface area contributed by atoms with E-state index in [0.29, 0.717) is 18.8 Å². The number of hydrogen-bond acceptors (Lipinski definition) is 5. The molecule has 1 saturated heterocycles. The molecule has 1 aliphatic rings. The summed E-state index contributed by atoms with van der Waals surface area (Å²) >= 11 is 0. The number of aromatic carboxylic acids is 1. The summed E-state index contributed by atoms with van der Waals surface area (Å²) in [6.45, 7) is 3.01. The quantitative estimate of drug-likeness (QED) is 0.877. The lowest BCUT2D eigenvalue weighted by molar-refractivity contribution is 0.0697. The zero-order valence-electron chi connectivity index (χ0n) is 11.5. The van der Waals surface area contributed by atoms with E-state index in [2.05, 4.69) is 4.90 Å². The summed E-state index contributed by atoms with van der Waals surface area (Å²) in [4.78, 5) is 15.3. The predicted octanol–water partition coefficient (Wildman–Crippen LogP) is 0.540. The second-order valence-corrected chi connectivity index (χ2v) is 7.03. The average molecular weight is 298 g/mol. The molecule has 6 nitrogen and oxygen atoms in total. The fourth-order valence-electron chi connectivity index (χ4n) is 2.26. The molecule has 1 aromatic rings. The summed E-state index contributed by atoms with van der Waals surface area (Å²) in [5.74, 6) is -1.06. The van der Waals surface area contributed by atoms with Gasteiger partial charge in [-0.25, -0.2) is 13.2 Å². The van der Waals surface area contributed by atoms with Gasteiger partial charge in [-0.05, 0) is 25.2 Å². The molecule has 1 heterocycles. The van der Waals surface area contributed by atoms with Crippen LogP contribution in [-0.4, -0.2) is 63.9 Å². The van der Waals surface area contributed by atoms with Crippen LogP contribution in [0.1, 0.15) is 10.4 Å². The van der Waals surface area contributed by atoms with E-state index >= 15 is 0 Å². The van der Waals surface area contributed by atoms with Crippen LogP contribution in [0.25, 0.3) is 0 Å². The minimum absolute atomic E-state index is 0.103. The normalized spacial score (nSPS) is 17.2. The average Bonchev–Trinajstić information content (AvgIpc) is 2.37. The number of hydrogen-bond donors (Lipinski definition) is 1. The van der Waals surface area contributed by atoms with Gasteiger partial charge in [0.05, 0.1) is 16.1 Å². The van der Waals surface area contributed by atoms with Gasteiger partial charge in [0.25, 0.3) is 0 Å². The lowest BCUT2D eigenvalue weighted by atomic mass is 10.1. The van der Waals surface area contributed by atoms with Crippen molar-refractivity contribution in [2.45, 2.75) is 4.90 Å². The first-order valence-corrected chi connectivity index (χ1v) is 8.19. The maximum atomic E-state index is 11.9. The molecule has 0 aliphatic carbocycles. The number of carboxylic acids is 1. The molecule has 0 saturated carbocycles. The number of piperazine rings is 1. The van der Waals surface area contributed by atoms with Gasteiger partial charge in [0.1, 0.15) is 0 Å². The molecule has 0 atom stereocenters. The van der Waals surface area contributed by atoms with Crippen molar-refractivity contribution in [1.82, 2.24) is 4.90 Å². The topological polar surface area (TPSA) is 77.9 Å². The van der Waals surface area contributed by atoms with E-state index in [4.69, 9.17) is 5.11 Å². The Morgan fingerprint density at radius 1 is 1.20 bits per heavy atom. The molecular weight excluding hydrogens is 280 g/mol. The molecular formula is C13H18N2O4S. The zero-order valence-corrected chi connectivity index (χ0v) is 12.4. The monoisotopic (exact) mass is 298 g/mol. The van der Waals surface area contributed by atoms with Crippen molar-refractivity contribution in [3.8, 4) is 0 Å². The summed E-state index contributed by atoms with van der Waals surface area (Å²) in [5, 5.41) is 9.07. The fraction of sp³-hybridized carbons (Fsp3) is 0.462. The molecule has 1 N–H and O–H groups in total. The van der Waals surface area contributed by atoms with Gasteiger partial charge in [-0.15, -0.1) is 0 Å². The highest BCUT2D eigenvalue weighted by Gasteiger charge is 2.22. The molecule has 0 radical (unpaired) electrons. The summed E-state index contributed by atoms with van der Waals surface area (Å²) in [6.07, 6.45) is 1.14. The van der Waals surface area contributed by atoms with Gasteiger partial charge in [-0.2, -0.15) is 0 Å². The number of anilines is 1. The summed E-state index contributed by atoms with van der Waals surface area (Å²) in [6, 6.07) is 4.16. The van der Waals surface area contributed by atoms with Crippen LogP contribution < -0.4 is 4.90 Å². The molecule has 7 heteroatoms. The van der Waals surface area contributed by atoms with Crippen LogP contribution in [0.2, 0.25) is 0 Å². The van der Waals surface area contributed by atoms with Crippen molar-refractivity contribution in [3.05, 3.63) is 23.8 Å². The lowest BCUT2D eigenvalue weighted by Gasteiger charge is -2.35. The number of benzene rings is 1. The van der Waals surface area contributed by atoms with Crippen LogP contribution >= 0.6 is 0 Å². The summed E-state index contributed by atoms with van der Waals surface area (Å²) < 4.78 is 23.7. The van der Waals surface area contributed by atoms with E-state index in [0.717, 1.165) is 19.3 Å². The number of carboxylic acid groups (broad SMARTS) is 1. The number of sulfone groups is 1. The van der Waals surface area contributed by atoms with Crippen LogP contribution in [0, 0.1) is 0 Å². The Kier molecular flexibility index (Phi) is 4.01. The first-order valence-electron chi connectivity index (χ1n) is 6.30. The van der Waals surface area contributed by atoms with Gasteiger partial charge in [-0.3, -0.25) is 0 Å². The lowest BCUT2D eigenvalue weighted by Crippen LogP contribution is -2.45. The Bertz CT molecular complexity index is 619. The van der Waals surface area contributed by atoms with Gasteiger partial charge in [-0.1, -0.05) is 0 Å². The van der Waals surface area contributed by atoms with Crippen LogP contribution in [-0.2, 0) is 9.84 Å². The number of nitrogens with zero attached hydrogens (tertiary/aromatic N) is 2. The van der Waals surface area contributed by atoms with Crippen LogP contribution in [0.3, 0.4) is 0 Å². The molecule has 1 fully saturated rings. The number of rotatable bonds is 3. The molecule has 0 aromatic heterocycles. The Balaban J connectivity index is 2.47. The van der Waals surface area contributed by atoms with Gasteiger partial charge < -0.3 is 14.9 Å². The fourth-order valence-corrected chi connectivity index (χ4v) is 3.14. The molecule has 0 unspecified atom stereocenters. The molecule has 0 bridgehead atoms. The second-order valence-electron chi connectivity index (χ2n) is 5.05.